The highest BCUT2D eigenvalue weighted by Crippen LogP contribution is 2.11. The summed E-state index contributed by atoms with van der Waals surface area (Å²) in [5.41, 5.74) is 1.64. The maximum Gasteiger partial charge on any atom is 0.263 e. The van der Waals surface area contributed by atoms with Gasteiger partial charge in [0.05, 0.1) is 12.6 Å². The number of pyridine rings is 1. The Morgan fingerprint density at radius 2 is 1.93 bits per heavy atom. The van der Waals surface area contributed by atoms with Gasteiger partial charge in [-0.2, -0.15) is 0 Å². The van der Waals surface area contributed by atoms with Crippen LogP contribution in [-0.4, -0.2) is 39.0 Å². The van der Waals surface area contributed by atoms with E-state index in [1.807, 2.05) is 41.8 Å². The minimum atomic E-state index is -0.416. The van der Waals surface area contributed by atoms with E-state index < -0.39 is 11.9 Å². The summed E-state index contributed by atoms with van der Waals surface area (Å²) < 4.78 is 8.50. The normalized spacial score (nSPS) is 12.0. The van der Waals surface area contributed by atoms with Gasteiger partial charge in [-0.25, -0.2) is 0 Å². The molecule has 158 valence electrons. The first-order valence-electron chi connectivity index (χ1n) is 9.92. The molecule has 0 radical (unpaired) electrons. The topological polar surface area (TPSA) is 91.0 Å². The first-order valence-corrected chi connectivity index (χ1v) is 9.92. The van der Waals surface area contributed by atoms with E-state index in [9.17, 15) is 9.59 Å². The van der Waals surface area contributed by atoms with Crippen LogP contribution in [0.2, 0.25) is 0 Å². The average molecular weight is 409 g/mol. The first-order chi connectivity index (χ1) is 14.5. The highest BCUT2D eigenvalue weighted by molar-refractivity contribution is 5.95. The van der Waals surface area contributed by atoms with Crippen molar-refractivity contribution in [2.24, 2.45) is 0 Å². The molecule has 8 nitrogen and oxygen atoms in total. The van der Waals surface area contributed by atoms with Gasteiger partial charge in [0.15, 0.2) is 5.82 Å². The largest absolute Gasteiger partial charge is 0.383 e. The van der Waals surface area contributed by atoms with Gasteiger partial charge >= 0.3 is 0 Å². The van der Waals surface area contributed by atoms with Crippen molar-refractivity contribution < 1.29 is 9.53 Å². The number of carbonyl (C=O) groups excluding carboxylic acids is 1. The Kier molecular flexibility index (Phi) is 7.13. The lowest BCUT2D eigenvalue weighted by Crippen LogP contribution is -2.36. The van der Waals surface area contributed by atoms with E-state index in [-0.39, 0.29) is 11.1 Å². The smallest absolute Gasteiger partial charge is 0.263 e. The van der Waals surface area contributed by atoms with Crippen molar-refractivity contribution in [2.75, 3.05) is 13.7 Å². The van der Waals surface area contributed by atoms with Crippen LogP contribution in [0.3, 0.4) is 0 Å². The fourth-order valence-corrected chi connectivity index (χ4v) is 3.31. The Bertz CT molecular complexity index is 1040. The zero-order valence-electron chi connectivity index (χ0n) is 17.5. The van der Waals surface area contributed by atoms with Crippen molar-refractivity contribution in [1.29, 1.82) is 0 Å². The van der Waals surface area contributed by atoms with Crippen LogP contribution in [0.25, 0.3) is 0 Å². The molecule has 1 aromatic carbocycles. The van der Waals surface area contributed by atoms with Gasteiger partial charge in [0.1, 0.15) is 11.9 Å². The summed E-state index contributed by atoms with van der Waals surface area (Å²) in [5, 5.41) is 10.9. The molecule has 30 heavy (non-hydrogen) atoms. The van der Waals surface area contributed by atoms with Gasteiger partial charge in [0, 0.05) is 26.4 Å². The molecule has 0 aliphatic heterocycles. The molecule has 1 atom stereocenters. The SMILES string of the molecule is COCCn1cnnc1C(C)NC(=O)c1c(C)ccn(CCc2ccccc2)c1=O. The van der Waals surface area contributed by atoms with Crippen molar-refractivity contribution in [1.82, 2.24) is 24.6 Å². The maximum atomic E-state index is 13.0. The van der Waals surface area contributed by atoms with Crippen LogP contribution in [0.4, 0.5) is 0 Å². The van der Waals surface area contributed by atoms with Crippen LogP contribution in [-0.2, 0) is 24.2 Å². The van der Waals surface area contributed by atoms with Crippen LogP contribution in [0.15, 0.2) is 53.7 Å². The molecule has 1 N–H and O–H groups in total. The molecule has 0 saturated carbocycles. The Balaban J connectivity index is 1.75. The summed E-state index contributed by atoms with van der Waals surface area (Å²) in [6.45, 7) is 5.18. The Hall–Kier alpha value is -3.26. The Morgan fingerprint density at radius 3 is 2.67 bits per heavy atom. The number of aryl methyl sites for hydroxylation is 3. The number of ether oxygens (including phenoxy) is 1. The van der Waals surface area contributed by atoms with Crippen LogP contribution < -0.4 is 10.9 Å². The number of methoxy groups -OCH3 is 1. The fourth-order valence-electron chi connectivity index (χ4n) is 3.31. The van der Waals surface area contributed by atoms with E-state index in [1.54, 1.807) is 37.2 Å². The first kappa shape index (κ1) is 21.4. The zero-order chi connectivity index (χ0) is 21.5. The number of aromatic nitrogens is 4. The number of hydrogen-bond donors (Lipinski definition) is 1. The summed E-state index contributed by atoms with van der Waals surface area (Å²) in [5.74, 6) is 0.193. The molecule has 0 bridgehead atoms. The van der Waals surface area contributed by atoms with Gasteiger partial charge in [0.25, 0.3) is 11.5 Å². The average Bonchev–Trinajstić information content (AvgIpc) is 3.21. The lowest BCUT2D eigenvalue weighted by Gasteiger charge is -2.16. The molecule has 0 saturated heterocycles. The molecule has 0 aliphatic rings. The van der Waals surface area contributed by atoms with E-state index in [1.165, 1.54) is 0 Å². The third-order valence-corrected chi connectivity index (χ3v) is 5.00. The van der Waals surface area contributed by atoms with Crippen molar-refractivity contribution in [3.05, 3.63) is 81.8 Å². The molecule has 0 spiro atoms. The van der Waals surface area contributed by atoms with Crippen molar-refractivity contribution in [2.45, 2.75) is 39.4 Å². The standard InChI is InChI=1S/C22H27N5O3/c1-16-9-11-26(12-10-18-7-5-4-6-8-18)22(29)19(16)21(28)24-17(2)20-25-23-15-27(20)13-14-30-3/h4-9,11,15,17H,10,12-14H2,1-3H3,(H,24,28). The van der Waals surface area contributed by atoms with Gasteiger partial charge in [-0.15, -0.1) is 10.2 Å². The molecular weight excluding hydrogens is 382 g/mol. The lowest BCUT2D eigenvalue weighted by atomic mass is 10.1. The predicted octanol–water partition coefficient (Wildman–Crippen LogP) is 2.13. The van der Waals surface area contributed by atoms with Gasteiger partial charge in [-0.05, 0) is 37.5 Å². The van der Waals surface area contributed by atoms with E-state index in [2.05, 4.69) is 15.5 Å². The molecular formula is C22H27N5O3. The predicted molar refractivity (Wildman–Crippen MR) is 113 cm³/mol. The fraction of sp³-hybridized carbons (Fsp3) is 0.364. The van der Waals surface area contributed by atoms with Crippen LogP contribution in [0.5, 0.6) is 0 Å². The minimum absolute atomic E-state index is 0.153. The number of hydrogen-bond acceptors (Lipinski definition) is 5. The quantitative estimate of drug-likeness (QED) is 0.585. The number of rotatable bonds is 9. The summed E-state index contributed by atoms with van der Waals surface area (Å²) in [6, 6.07) is 11.3. The van der Waals surface area contributed by atoms with Gasteiger partial charge in [-0.1, -0.05) is 30.3 Å². The second-order valence-corrected chi connectivity index (χ2v) is 7.18. The van der Waals surface area contributed by atoms with Crippen molar-refractivity contribution in [3.63, 3.8) is 0 Å². The highest BCUT2D eigenvalue weighted by atomic mass is 16.5. The Labute approximate surface area is 175 Å². The van der Waals surface area contributed by atoms with Crippen LogP contribution in [0, 0.1) is 6.92 Å². The van der Waals surface area contributed by atoms with Gasteiger partial charge in [0.2, 0.25) is 0 Å². The number of amides is 1. The summed E-state index contributed by atoms with van der Waals surface area (Å²) in [6.07, 6.45) is 4.05. The summed E-state index contributed by atoms with van der Waals surface area (Å²) >= 11 is 0. The molecule has 8 heteroatoms. The number of benzene rings is 1. The highest BCUT2D eigenvalue weighted by Gasteiger charge is 2.21. The van der Waals surface area contributed by atoms with Crippen LogP contribution >= 0.6 is 0 Å². The molecule has 1 unspecified atom stereocenters. The second-order valence-electron chi connectivity index (χ2n) is 7.18. The van der Waals surface area contributed by atoms with Gasteiger partial charge < -0.3 is 19.2 Å². The lowest BCUT2D eigenvalue weighted by molar-refractivity contribution is 0.0934. The monoisotopic (exact) mass is 409 g/mol. The second kappa shape index (κ2) is 9.98. The molecule has 2 heterocycles. The number of carbonyl (C=O) groups is 1. The molecule has 3 aromatic rings. The number of nitrogens with one attached hydrogen (secondary N) is 1. The third-order valence-electron chi connectivity index (χ3n) is 5.00. The van der Waals surface area contributed by atoms with Crippen molar-refractivity contribution >= 4 is 5.91 Å². The molecule has 2 aromatic heterocycles. The van der Waals surface area contributed by atoms with E-state index in [4.69, 9.17) is 4.74 Å². The minimum Gasteiger partial charge on any atom is -0.383 e. The van der Waals surface area contributed by atoms with E-state index in [0.717, 1.165) is 5.56 Å². The Morgan fingerprint density at radius 1 is 1.17 bits per heavy atom. The zero-order valence-corrected chi connectivity index (χ0v) is 17.5. The molecule has 0 fully saturated rings. The summed E-state index contributed by atoms with van der Waals surface area (Å²) in [7, 11) is 1.62. The van der Waals surface area contributed by atoms with E-state index in [0.29, 0.717) is 37.5 Å². The van der Waals surface area contributed by atoms with Gasteiger partial charge in [-0.3, -0.25) is 9.59 Å². The van der Waals surface area contributed by atoms with Crippen LogP contribution in [0.1, 0.15) is 40.3 Å². The molecule has 1 amide bonds. The third kappa shape index (κ3) is 5.01. The summed E-state index contributed by atoms with van der Waals surface area (Å²) in [4.78, 5) is 25.9. The molecule has 0 aliphatic carbocycles. The number of nitrogens with zero attached hydrogens (tertiary/aromatic N) is 4. The van der Waals surface area contributed by atoms with E-state index >= 15 is 0 Å². The maximum absolute atomic E-state index is 13.0. The molecule has 3 rings (SSSR count). The van der Waals surface area contributed by atoms with Crippen molar-refractivity contribution in [3.8, 4) is 0 Å².